The first-order valence-corrected chi connectivity index (χ1v) is 9.87. The van der Waals surface area contributed by atoms with E-state index in [9.17, 15) is 18.0 Å². The lowest BCUT2D eigenvalue weighted by atomic mass is 10.1. The summed E-state index contributed by atoms with van der Waals surface area (Å²) in [5.41, 5.74) is -0.440. The summed E-state index contributed by atoms with van der Waals surface area (Å²) in [5.74, 6) is 0.512. The van der Waals surface area contributed by atoms with Gasteiger partial charge in [0.25, 0.3) is 5.91 Å². The lowest BCUT2D eigenvalue weighted by Gasteiger charge is -2.14. The van der Waals surface area contributed by atoms with Gasteiger partial charge in [-0.25, -0.2) is 9.97 Å². The first-order chi connectivity index (χ1) is 15.7. The van der Waals surface area contributed by atoms with Gasteiger partial charge in [0.15, 0.2) is 0 Å². The van der Waals surface area contributed by atoms with Crippen molar-refractivity contribution in [2.75, 3.05) is 12.4 Å². The minimum absolute atomic E-state index is 0.00616. The van der Waals surface area contributed by atoms with Gasteiger partial charge >= 0.3 is 6.18 Å². The van der Waals surface area contributed by atoms with E-state index in [2.05, 4.69) is 25.6 Å². The van der Waals surface area contributed by atoms with Crippen molar-refractivity contribution in [2.24, 2.45) is 0 Å². The molecule has 0 atom stereocenters. The summed E-state index contributed by atoms with van der Waals surface area (Å²) in [5, 5.41) is 5.65. The van der Waals surface area contributed by atoms with E-state index in [1.165, 1.54) is 37.6 Å². The SMILES string of the molecule is CNC(=O)c1cc(Oc2ccc3nc(Nc4ccc(Cl)cc4C(F)(F)F)ncc3c2)ccn1. The molecule has 2 heterocycles. The number of hydrogen-bond donors (Lipinski definition) is 2. The van der Waals surface area contributed by atoms with E-state index >= 15 is 0 Å². The monoisotopic (exact) mass is 473 g/mol. The van der Waals surface area contributed by atoms with Crippen LogP contribution in [0.4, 0.5) is 24.8 Å². The molecule has 0 fully saturated rings. The van der Waals surface area contributed by atoms with Gasteiger partial charge in [-0.05, 0) is 42.5 Å². The first-order valence-electron chi connectivity index (χ1n) is 9.49. The van der Waals surface area contributed by atoms with E-state index in [4.69, 9.17) is 16.3 Å². The van der Waals surface area contributed by atoms with Gasteiger partial charge in [0.1, 0.15) is 17.2 Å². The molecule has 0 saturated heterocycles. The average molecular weight is 474 g/mol. The number of nitrogens with zero attached hydrogens (tertiary/aromatic N) is 3. The molecule has 0 bridgehead atoms. The molecule has 2 aromatic heterocycles. The van der Waals surface area contributed by atoms with Crippen LogP contribution < -0.4 is 15.4 Å². The van der Waals surface area contributed by atoms with E-state index in [0.717, 1.165) is 6.07 Å². The molecule has 0 aliphatic heterocycles. The fourth-order valence-corrected chi connectivity index (χ4v) is 3.15. The number of amides is 1. The number of halogens is 4. The molecular weight excluding hydrogens is 459 g/mol. The third kappa shape index (κ3) is 5.12. The predicted molar refractivity (Wildman–Crippen MR) is 117 cm³/mol. The maximum absolute atomic E-state index is 13.3. The fourth-order valence-electron chi connectivity index (χ4n) is 2.98. The van der Waals surface area contributed by atoms with E-state index in [1.807, 2.05) is 0 Å². The van der Waals surface area contributed by atoms with Crippen LogP contribution in [-0.2, 0) is 6.18 Å². The Hall–Kier alpha value is -3.92. The number of rotatable bonds is 5. The van der Waals surface area contributed by atoms with Crippen LogP contribution in [0.1, 0.15) is 16.1 Å². The number of aromatic nitrogens is 3. The Kier molecular flexibility index (Phi) is 6.01. The van der Waals surface area contributed by atoms with Gasteiger partial charge in [0, 0.05) is 35.9 Å². The summed E-state index contributed by atoms with van der Waals surface area (Å²) in [7, 11) is 1.50. The third-order valence-electron chi connectivity index (χ3n) is 4.51. The van der Waals surface area contributed by atoms with Gasteiger partial charge in [-0.2, -0.15) is 13.2 Å². The highest BCUT2D eigenvalue weighted by Crippen LogP contribution is 2.37. The van der Waals surface area contributed by atoms with Crippen molar-refractivity contribution in [1.82, 2.24) is 20.3 Å². The number of ether oxygens (including phenoxy) is 1. The normalized spacial score (nSPS) is 11.3. The van der Waals surface area contributed by atoms with Crippen LogP contribution in [0.3, 0.4) is 0 Å². The Labute approximate surface area is 190 Å². The Bertz CT molecular complexity index is 1350. The van der Waals surface area contributed by atoms with Gasteiger partial charge in [-0.1, -0.05) is 11.6 Å². The summed E-state index contributed by atoms with van der Waals surface area (Å²) in [6, 6.07) is 11.5. The highest BCUT2D eigenvalue weighted by molar-refractivity contribution is 6.30. The average Bonchev–Trinajstić information content (AvgIpc) is 2.79. The van der Waals surface area contributed by atoms with Gasteiger partial charge in [0.05, 0.1) is 16.8 Å². The van der Waals surface area contributed by atoms with E-state index in [1.54, 1.807) is 24.3 Å². The number of nitrogens with one attached hydrogen (secondary N) is 2. The quantitative estimate of drug-likeness (QED) is 0.392. The van der Waals surface area contributed by atoms with Crippen molar-refractivity contribution in [3.63, 3.8) is 0 Å². The first kappa shape index (κ1) is 22.3. The number of carbonyl (C=O) groups is 1. The van der Waals surface area contributed by atoms with Crippen LogP contribution >= 0.6 is 11.6 Å². The van der Waals surface area contributed by atoms with Crippen LogP contribution in [0.2, 0.25) is 5.02 Å². The molecule has 0 saturated carbocycles. The van der Waals surface area contributed by atoms with Crippen molar-refractivity contribution in [1.29, 1.82) is 0 Å². The molecule has 0 unspecified atom stereocenters. The zero-order chi connectivity index (χ0) is 23.6. The van der Waals surface area contributed by atoms with Crippen molar-refractivity contribution < 1.29 is 22.7 Å². The third-order valence-corrected chi connectivity index (χ3v) is 4.75. The van der Waals surface area contributed by atoms with Crippen molar-refractivity contribution >= 4 is 40.0 Å². The molecule has 2 N–H and O–H groups in total. The number of benzene rings is 2. The molecule has 7 nitrogen and oxygen atoms in total. The Morgan fingerprint density at radius 2 is 1.82 bits per heavy atom. The molecule has 4 aromatic rings. The number of carbonyl (C=O) groups excluding carboxylic acids is 1. The zero-order valence-electron chi connectivity index (χ0n) is 16.9. The minimum atomic E-state index is -4.60. The van der Waals surface area contributed by atoms with Gasteiger partial charge < -0.3 is 15.4 Å². The van der Waals surface area contributed by atoms with Gasteiger partial charge in [-0.3, -0.25) is 9.78 Å². The van der Waals surface area contributed by atoms with Crippen molar-refractivity contribution in [2.45, 2.75) is 6.18 Å². The second kappa shape index (κ2) is 8.91. The summed E-state index contributed by atoms with van der Waals surface area (Å²) in [4.78, 5) is 24.1. The van der Waals surface area contributed by atoms with Crippen LogP contribution in [0, 0.1) is 0 Å². The molecule has 11 heteroatoms. The standard InChI is InChI=1S/C22H15ClF3N5O2/c1-27-20(32)19-10-15(6-7-28-19)33-14-3-5-17-12(8-14)11-29-21(30-17)31-18-4-2-13(23)9-16(18)22(24,25)26/h2-11H,1H3,(H,27,32)(H,29,30,31). The summed E-state index contributed by atoms with van der Waals surface area (Å²) >= 11 is 5.71. The molecule has 0 spiro atoms. The summed E-state index contributed by atoms with van der Waals surface area (Å²) in [6.45, 7) is 0. The van der Waals surface area contributed by atoms with E-state index in [0.29, 0.717) is 22.4 Å². The number of fused-ring (bicyclic) bond motifs is 1. The van der Waals surface area contributed by atoms with Crippen LogP contribution in [0.15, 0.2) is 60.9 Å². The molecule has 0 aliphatic carbocycles. The summed E-state index contributed by atoms with van der Waals surface area (Å²) < 4.78 is 45.7. The smallest absolute Gasteiger partial charge is 0.418 e. The second-order valence-corrected chi connectivity index (χ2v) is 7.22. The molecule has 0 aliphatic rings. The molecule has 1 amide bonds. The van der Waals surface area contributed by atoms with Crippen molar-refractivity contribution in [3.8, 4) is 11.5 Å². The lowest BCUT2D eigenvalue weighted by molar-refractivity contribution is -0.136. The van der Waals surface area contributed by atoms with E-state index in [-0.39, 0.29) is 28.3 Å². The number of alkyl halides is 3. The van der Waals surface area contributed by atoms with E-state index < -0.39 is 11.7 Å². The fraction of sp³-hybridized carbons (Fsp3) is 0.0909. The van der Waals surface area contributed by atoms with Gasteiger partial charge in [0.2, 0.25) is 5.95 Å². The maximum Gasteiger partial charge on any atom is 0.418 e. The molecule has 168 valence electrons. The molecule has 2 aromatic carbocycles. The Morgan fingerprint density at radius 3 is 2.58 bits per heavy atom. The molecule has 4 rings (SSSR count). The second-order valence-electron chi connectivity index (χ2n) is 6.78. The van der Waals surface area contributed by atoms with Gasteiger partial charge in [-0.15, -0.1) is 0 Å². The largest absolute Gasteiger partial charge is 0.457 e. The van der Waals surface area contributed by atoms with Crippen molar-refractivity contribution in [3.05, 3.63) is 77.2 Å². The number of pyridine rings is 1. The van der Waals surface area contributed by atoms with Crippen LogP contribution in [0.5, 0.6) is 11.5 Å². The molecular formula is C22H15ClF3N5O2. The maximum atomic E-state index is 13.3. The predicted octanol–water partition coefficient (Wildman–Crippen LogP) is 5.59. The molecule has 33 heavy (non-hydrogen) atoms. The Balaban J connectivity index is 1.58. The minimum Gasteiger partial charge on any atom is -0.457 e. The number of anilines is 2. The highest BCUT2D eigenvalue weighted by Gasteiger charge is 2.34. The highest BCUT2D eigenvalue weighted by atomic mass is 35.5. The zero-order valence-corrected chi connectivity index (χ0v) is 17.7. The topological polar surface area (TPSA) is 89.0 Å². The molecule has 0 radical (unpaired) electrons. The van der Waals surface area contributed by atoms with Crippen LogP contribution in [-0.4, -0.2) is 27.9 Å². The number of hydrogen-bond acceptors (Lipinski definition) is 6. The Morgan fingerprint density at radius 1 is 1.03 bits per heavy atom. The van der Waals surface area contributed by atoms with Crippen LogP contribution in [0.25, 0.3) is 10.9 Å². The summed E-state index contributed by atoms with van der Waals surface area (Å²) in [6.07, 6.45) is -1.68. The lowest BCUT2D eigenvalue weighted by Crippen LogP contribution is -2.18.